The molecule has 5 nitrogen and oxygen atoms in total. The van der Waals surface area contributed by atoms with Gasteiger partial charge in [-0.2, -0.15) is 0 Å². The van der Waals surface area contributed by atoms with Crippen LogP contribution >= 0.6 is 0 Å². The Balaban J connectivity index is 4.12. The topological polar surface area (TPSA) is 63.7 Å². The van der Waals surface area contributed by atoms with Crippen molar-refractivity contribution in [1.82, 2.24) is 4.90 Å². The number of carbonyl (C=O) groups is 1. The lowest BCUT2D eigenvalue weighted by Gasteiger charge is -2.25. The molecule has 102 valence electrons. The molecule has 0 aromatic rings. The maximum Gasteiger partial charge on any atom is 0.320 e. The fourth-order valence-corrected chi connectivity index (χ4v) is 2.08. The van der Waals surface area contributed by atoms with Crippen LogP contribution in [0.2, 0.25) is 0 Å². The average molecular weight is 265 g/mol. The van der Waals surface area contributed by atoms with Crippen molar-refractivity contribution in [2.45, 2.75) is 33.2 Å². The number of nitrogens with zero attached hydrogens (tertiary/aromatic N) is 1. The standard InChI is InChI=1S/C11H23NO4S/c1-5-16-11(13)9-12(10(2)3)7-6-8-17(4,14)15/h10H,5-9H2,1-4H3. The van der Waals surface area contributed by atoms with Gasteiger partial charge < -0.3 is 4.74 Å². The van der Waals surface area contributed by atoms with Gasteiger partial charge in [0.25, 0.3) is 0 Å². The highest BCUT2D eigenvalue weighted by atomic mass is 32.2. The fraction of sp³-hybridized carbons (Fsp3) is 0.909. The minimum Gasteiger partial charge on any atom is -0.465 e. The van der Waals surface area contributed by atoms with Gasteiger partial charge in [-0.1, -0.05) is 0 Å². The zero-order valence-electron chi connectivity index (χ0n) is 11.1. The van der Waals surface area contributed by atoms with E-state index in [2.05, 4.69) is 0 Å². The molecule has 0 spiro atoms. The van der Waals surface area contributed by atoms with E-state index in [0.29, 0.717) is 19.6 Å². The maximum absolute atomic E-state index is 11.3. The van der Waals surface area contributed by atoms with E-state index in [1.807, 2.05) is 18.7 Å². The molecule has 0 N–H and O–H groups in total. The smallest absolute Gasteiger partial charge is 0.320 e. The molecular weight excluding hydrogens is 242 g/mol. The summed E-state index contributed by atoms with van der Waals surface area (Å²) >= 11 is 0. The first kappa shape index (κ1) is 16.4. The summed E-state index contributed by atoms with van der Waals surface area (Å²) in [5.41, 5.74) is 0. The predicted octanol–water partition coefficient (Wildman–Crippen LogP) is 0.695. The van der Waals surface area contributed by atoms with E-state index in [1.54, 1.807) is 6.92 Å². The summed E-state index contributed by atoms with van der Waals surface area (Å²) in [7, 11) is -2.93. The van der Waals surface area contributed by atoms with Gasteiger partial charge in [0, 0.05) is 12.3 Å². The zero-order chi connectivity index (χ0) is 13.5. The van der Waals surface area contributed by atoms with E-state index in [1.165, 1.54) is 6.26 Å². The SMILES string of the molecule is CCOC(=O)CN(CCCS(C)(=O)=O)C(C)C. The second-order valence-electron chi connectivity index (χ2n) is 4.35. The lowest BCUT2D eigenvalue weighted by atomic mass is 10.3. The zero-order valence-corrected chi connectivity index (χ0v) is 11.9. The van der Waals surface area contributed by atoms with Crippen LogP contribution in [0, 0.1) is 0 Å². The van der Waals surface area contributed by atoms with Crippen LogP contribution in [0.1, 0.15) is 27.2 Å². The lowest BCUT2D eigenvalue weighted by Crippen LogP contribution is -2.37. The molecule has 0 saturated heterocycles. The third-order valence-corrected chi connectivity index (χ3v) is 3.36. The van der Waals surface area contributed by atoms with Crippen LogP contribution < -0.4 is 0 Å². The number of hydrogen-bond acceptors (Lipinski definition) is 5. The molecule has 0 aromatic carbocycles. The Morgan fingerprint density at radius 2 is 1.94 bits per heavy atom. The quantitative estimate of drug-likeness (QED) is 0.604. The van der Waals surface area contributed by atoms with Crippen LogP contribution in [-0.4, -0.2) is 57.0 Å². The van der Waals surface area contributed by atoms with Gasteiger partial charge >= 0.3 is 5.97 Å². The summed E-state index contributed by atoms with van der Waals surface area (Å²) in [6.45, 7) is 6.88. The third kappa shape index (κ3) is 9.12. The molecule has 0 aromatic heterocycles. The van der Waals surface area contributed by atoms with Crippen molar-refractivity contribution in [2.75, 3.05) is 31.7 Å². The Labute approximate surface area is 104 Å². The number of ether oxygens (including phenoxy) is 1. The van der Waals surface area contributed by atoms with Crippen molar-refractivity contribution in [2.24, 2.45) is 0 Å². The molecule has 17 heavy (non-hydrogen) atoms. The monoisotopic (exact) mass is 265 g/mol. The van der Waals surface area contributed by atoms with Gasteiger partial charge in [0.05, 0.1) is 18.9 Å². The highest BCUT2D eigenvalue weighted by molar-refractivity contribution is 7.90. The molecule has 0 bridgehead atoms. The number of sulfone groups is 1. The fourth-order valence-electron chi connectivity index (χ4n) is 1.42. The molecule has 0 saturated carbocycles. The van der Waals surface area contributed by atoms with Gasteiger partial charge in [-0.25, -0.2) is 8.42 Å². The molecule has 0 aliphatic heterocycles. The maximum atomic E-state index is 11.3. The van der Waals surface area contributed by atoms with Crippen LogP contribution in [0.3, 0.4) is 0 Å². The van der Waals surface area contributed by atoms with Crippen molar-refractivity contribution >= 4 is 15.8 Å². The second kappa shape index (κ2) is 7.66. The Morgan fingerprint density at radius 1 is 1.35 bits per heavy atom. The van der Waals surface area contributed by atoms with Gasteiger partial charge in [0.2, 0.25) is 0 Å². The predicted molar refractivity (Wildman–Crippen MR) is 67.7 cm³/mol. The average Bonchev–Trinajstić information content (AvgIpc) is 2.14. The third-order valence-electron chi connectivity index (χ3n) is 2.33. The lowest BCUT2D eigenvalue weighted by molar-refractivity contribution is -0.144. The Morgan fingerprint density at radius 3 is 2.35 bits per heavy atom. The summed E-state index contributed by atoms with van der Waals surface area (Å²) in [5, 5.41) is 0. The molecule has 0 aliphatic rings. The Bertz CT molecular complexity index is 324. The van der Waals surface area contributed by atoms with Gasteiger partial charge in [0.15, 0.2) is 0 Å². The van der Waals surface area contributed by atoms with E-state index < -0.39 is 9.84 Å². The summed E-state index contributed by atoms with van der Waals surface area (Å²) in [6, 6.07) is 0.193. The second-order valence-corrected chi connectivity index (χ2v) is 6.61. The summed E-state index contributed by atoms with van der Waals surface area (Å²) in [5.74, 6) is -0.112. The molecule has 6 heteroatoms. The summed E-state index contributed by atoms with van der Waals surface area (Å²) < 4.78 is 26.9. The number of esters is 1. The summed E-state index contributed by atoms with van der Waals surface area (Å²) in [4.78, 5) is 13.3. The van der Waals surface area contributed by atoms with Gasteiger partial charge in [0.1, 0.15) is 9.84 Å². The van der Waals surface area contributed by atoms with Gasteiger partial charge in [-0.15, -0.1) is 0 Å². The molecule has 0 unspecified atom stereocenters. The van der Waals surface area contributed by atoms with E-state index in [-0.39, 0.29) is 24.3 Å². The van der Waals surface area contributed by atoms with Crippen molar-refractivity contribution < 1.29 is 17.9 Å². The van der Waals surface area contributed by atoms with E-state index in [0.717, 1.165) is 0 Å². The molecule has 0 amide bonds. The van der Waals surface area contributed by atoms with Crippen LogP contribution in [-0.2, 0) is 19.4 Å². The van der Waals surface area contributed by atoms with Gasteiger partial charge in [-0.3, -0.25) is 9.69 Å². The first-order chi connectivity index (χ1) is 7.76. The van der Waals surface area contributed by atoms with Crippen molar-refractivity contribution in [3.8, 4) is 0 Å². The van der Waals surface area contributed by atoms with Crippen molar-refractivity contribution in [1.29, 1.82) is 0 Å². The minimum atomic E-state index is -2.93. The van der Waals surface area contributed by atoms with Crippen molar-refractivity contribution in [3.63, 3.8) is 0 Å². The molecule has 0 rings (SSSR count). The molecule has 0 radical (unpaired) electrons. The normalized spacial score (nSPS) is 12.1. The summed E-state index contributed by atoms with van der Waals surface area (Å²) in [6.07, 6.45) is 1.76. The number of carbonyl (C=O) groups excluding carboxylic acids is 1. The molecular formula is C11H23NO4S. The number of rotatable bonds is 8. The number of hydrogen-bond donors (Lipinski definition) is 0. The van der Waals surface area contributed by atoms with E-state index in [9.17, 15) is 13.2 Å². The Hall–Kier alpha value is -0.620. The molecule has 0 heterocycles. The van der Waals surface area contributed by atoms with E-state index >= 15 is 0 Å². The van der Waals surface area contributed by atoms with Crippen LogP contribution in [0.4, 0.5) is 0 Å². The first-order valence-electron chi connectivity index (χ1n) is 5.83. The van der Waals surface area contributed by atoms with Gasteiger partial charge in [-0.05, 0) is 33.7 Å². The largest absolute Gasteiger partial charge is 0.465 e. The van der Waals surface area contributed by atoms with Crippen molar-refractivity contribution in [3.05, 3.63) is 0 Å². The molecule has 0 aliphatic carbocycles. The highest BCUT2D eigenvalue weighted by Crippen LogP contribution is 2.01. The Kier molecular flexibility index (Phi) is 7.38. The van der Waals surface area contributed by atoms with Crippen LogP contribution in [0.15, 0.2) is 0 Å². The highest BCUT2D eigenvalue weighted by Gasteiger charge is 2.15. The van der Waals surface area contributed by atoms with Crippen LogP contribution in [0.5, 0.6) is 0 Å². The molecule has 0 atom stereocenters. The van der Waals surface area contributed by atoms with E-state index in [4.69, 9.17) is 4.74 Å². The minimum absolute atomic E-state index is 0.152. The molecule has 0 fully saturated rings. The van der Waals surface area contributed by atoms with Crippen LogP contribution in [0.25, 0.3) is 0 Å². The first-order valence-corrected chi connectivity index (χ1v) is 7.89.